The zero-order valence-electron chi connectivity index (χ0n) is 28.2. The zero-order chi connectivity index (χ0) is 35.3. The van der Waals surface area contributed by atoms with Crippen molar-refractivity contribution < 1.29 is 9.59 Å². The molecule has 7 aromatic rings. The van der Waals surface area contributed by atoms with E-state index in [0.29, 0.717) is 11.1 Å². The van der Waals surface area contributed by atoms with Gasteiger partial charge in [0.1, 0.15) is 24.2 Å². The number of carbonyl (C=O) groups excluding carboxylic acids is 2. The molecule has 0 atom stereocenters. The molecule has 250 valence electrons. The topological polar surface area (TPSA) is 127 Å². The lowest BCUT2D eigenvalue weighted by Crippen LogP contribution is -1.95. The van der Waals surface area contributed by atoms with Crippen molar-refractivity contribution in [2.24, 2.45) is 14.1 Å². The van der Waals surface area contributed by atoms with Crippen LogP contribution in [0.2, 0.25) is 0 Å². The number of imidazole rings is 2. The van der Waals surface area contributed by atoms with Crippen LogP contribution in [0.1, 0.15) is 43.5 Å². The molecular weight excluding hydrogens is 649 g/mol. The molecule has 0 saturated heterocycles. The van der Waals surface area contributed by atoms with Gasteiger partial charge in [-0.15, -0.1) is 0 Å². The van der Waals surface area contributed by atoms with E-state index in [9.17, 15) is 9.59 Å². The predicted octanol–water partition coefficient (Wildman–Crippen LogP) is 8.42. The fraction of sp³-hybridized carbons (Fsp3) is 0.0476. The van der Waals surface area contributed by atoms with E-state index in [1.165, 1.54) is 0 Å². The Labute approximate surface area is 297 Å². The van der Waals surface area contributed by atoms with Gasteiger partial charge in [-0.05, 0) is 59.7 Å². The zero-order valence-corrected chi connectivity index (χ0v) is 28.2. The minimum absolute atomic E-state index is 0.591. The van der Waals surface area contributed by atoms with Crippen molar-refractivity contribution in [1.29, 1.82) is 0 Å². The fourth-order valence-corrected chi connectivity index (χ4v) is 6.95. The molecule has 52 heavy (non-hydrogen) atoms. The van der Waals surface area contributed by atoms with Crippen molar-refractivity contribution in [2.75, 3.05) is 0 Å². The Morgan fingerprint density at radius 3 is 1.15 bits per heavy atom. The molecule has 0 aliphatic carbocycles. The number of H-pyrrole nitrogens is 2. The van der Waals surface area contributed by atoms with Gasteiger partial charge in [0, 0.05) is 72.2 Å². The molecular formula is C42H30N8O2. The highest BCUT2D eigenvalue weighted by Crippen LogP contribution is 2.37. The van der Waals surface area contributed by atoms with Crippen molar-refractivity contribution in [3.05, 3.63) is 131 Å². The van der Waals surface area contributed by atoms with Crippen LogP contribution in [-0.4, -0.2) is 51.6 Å². The van der Waals surface area contributed by atoms with Crippen LogP contribution in [-0.2, 0) is 14.1 Å². The van der Waals surface area contributed by atoms with Gasteiger partial charge in [-0.1, -0.05) is 48.5 Å². The van der Waals surface area contributed by atoms with Gasteiger partial charge in [0.25, 0.3) is 0 Å². The summed E-state index contributed by atoms with van der Waals surface area (Å²) < 4.78 is 3.96. The minimum atomic E-state index is 0.591. The maximum Gasteiger partial charge on any atom is 0.150 e. The van der Waals surface area contributed by atoms with E-state index in [1.807, 2.05) is 133 Å². The summed E-state index contributed by atoms with van der Waals surface area (Å²) >= 11 is 0. The summed E-state index contributed by atoms with van der Waals surface area (Å²) in [6.07, 6.45) is 17.1. The minimum Gasteiger partial charge on any atom is -0.354 e. The van der Waals surface area contributed by atoms with Crippen molar-refractivity contribution >= 4 is 58.9 Å². The largest absolute Gasteiger partial charge is 0.354 e. The van der Waals surface area contributed by atoms with Crippen molar-refractivity contribution in [2.45, 2.75) is 0 Å². The first-order valence-corrected chi connectivity index (χ1v) is 16.7. The molecule has 0 saturated carbocycles. The average Bonchev–Trinajstić information content (AvgIpc) is 4.03. The summed E-state index contributed by atoms with van der Waals surface area (Å²) in [6, 6.07) is 23.2. The molecule has 2 aromatic carbocycles. The molecule has 9 rings (SSSR count). The first kappa shape index (κ1) is 30.8. The maximum atomic E-state index is 11.6. The molecule has 0 unspecified atom stereocenters. The third kappa shape index (κ3) is 5.12. The second-order valence-electron chi connectivity index (χ2n) is 12.7. The van der Waals surface area contributed by atoms with E-state index in [0.717, 1.165) is 102 Å². The highest BCUT2D eigenvalue weighted by molar-refractivity contribution is 5.99. The van der Waals surface area contributed by atoms with Gasteiger partial charge in [-0.2, -0.15) is 0 Å². The standard InChI is InChI=1S/C42H30N8O2/c1-49-21-19-43-41(49)39-33-15-11-29(45-33)37(27-7-3-25(23-51)4-8-27)31-13-17-35(47-31)40(42-44-20-22-50(42)2)36-18-14-32(48-36)38(30-12-16-34(39)46-30)28-9-5-26(24-52)6-10-28/h3-24,45,48H,1-2H3. The van der Waals surface area contributed by atoms with Crippen LogP contribution in [0.5, 0.6) is 0 Å². The van der Waals surface area contributed by atoms with Crippen LogP contribution in [0.15, 0.2) is 97.6 Å². The van der Waals surface area contributed by atoms with Crippen LogP contribution in [0, 0.1) is 0 Å². The van der Waals surface area contributed by atoms with Gasteiger partial charge in [0.2, 0.25) is 0 Å². The number of nitrogens with one attached hydrogen (secondary N) is 2. The molecule has 2 aliphatic heterocycles. The summed E-state index contributed by atoms with van der Waals surface area (Å²) in [4.78, 5) is 50.6. The molecule has 2 N–H and O–H groups in total. The van der Waals surface area contributed by atoms with Gasteiger partial charge < -0.3 is 19.1 Å². The Kier molecular flexibility index (Phi) is 7.29. The number of hydrogen-bond donors (Lipinski definition) is 2. The Hall–Kier alpha value is -7.20. The first-order valence-electron chi connectivity index (χ1n) is 16.7. The highest BCUT2D eigenvalue weighted by atomic mass is 16.1. The Bertz CT molecular complexity index is 2600. The SMILES string of the molecule is Cn1ccnc1-c1c2nc(c(-c3ccc(C=O)cc3)c3ccc([nH]3)c(-c3nccn3C)c3nc(c(-c4ccc(C=O)cc4)c4ccc1[nH]4)C=C3)C=C2. The van der Waals surface area contributed by atoms with Crippen LogP contribution in [0.4, 0.5) is 0 Å². The predicted molar refractivity (Wildman–Crippen MR) is 205 cm³/mol. The van der Waals surface area contributed by atoms with Gasteiger partial charge >= 0.3 is 0 Å². The molecule has 10 nitrogen and oxygen atoms in total. The molecule has 10 heteroatoms. The Morgan fingerprint density at radius 2 is 0.827 bits per heavy atom. The lowest BCUT2D eigenvalue weighted by Gasteiger charge is -2.07. The number of aldehydes is 2. The van der Waals surface area contributed by atoms with Crippen molar-refractivity contribution in [3.63, 3.8) is 0 Å². The Balaban J connectivity index is 1.47. The molecule has 0 spiro atoms. The average molecular weight is 679 g/mol. The number of carbonyl (C=O) groups is 2. The molecule has 7 heterocycles. The molecule has 0 radical (unpaired) electrons. The number of fused-ring (bicyclic) bond motifs is 8. The van der Waals surface area contributed by atoms with Crippen LogP contribution in [0.3, 0.4) is 0 Å². The van der Waals surface area contributed by atoms with Gasteiger partial charge in [-0.3, -0.25) is 9.59 Å². The lowest BCUT2D eigenvalue weighted by molar-refractivity contribution is 0.111. The van der Waals surface area contributed by atoms with Gasteiger partial charge in [-0.25, -0.2) is 19.9 Å². The highest BCUT2D eigenvalue weighted by Gasteiger charge is 2.21. The second kappa shape index (κ2) is 12.3. The van der Waals surface area contributed by atoms with Gasteiger partial charge in [0.05, 0.1) is 44.9 Å². The number of hydrogen-bond acceptors (Lipinski definition) is 6. The van der Waals surface area contributed by atoms with Crippen LogP contribution < -0.4 is 0 Å². The maximum absolute atomic E-state index is 11.6. The van der Waals surface area contributed by atoms with E-state index >= 15 is 0 Å². The summed E-state index contributed by atoms with van der Waals surface area (Å²) in [5.74, 6) is 1.50. The molecule has 8 bridgehead atoms. The van der Waals surface area contributed by atoms with Crippen LogP contribution >= 0.6 is 0 Å². The van der Waals surface area contributed by atoms with E-state index in [2.05, 4.69) is 9.97 Å². The monoisotopic (exact) mass is 678 g/mol. The number of benzene rings is 2. The van der Waals surface area contributed by atoms with Gasteiger partial charge in [0.15, 0.2) is 0 Å². The van der Waals surface area contributed by atoms with E-state index in [-0.39, 0.29) is 0 Å². The molecule has 2 aliphatic rings. The summed E-state index contributed by atoms with van der Waals surface area (Å²) in [5, 5.41) is 0. The first-order chi connectivity index (χ1) is 25.5. The third-order valence-electron chi connectivity index (χ3n) is 9.51. The number of aryl methyl sites for hydroxylation is 2. The van der Waals surface area contributed by atoms with E-state index in [4.69, 9.17) is 19.9 Å². The fourth-order valence-electron chi connectivity index (χ4n) is 6.95. The van der Waals surface area contributed by atoms with Crippen molar-refractivity contribution in [1.82, 2.24) is 39.0 Å². The summed E-state index contributed by atoms with van der Waals surface area (Å²) in [6.45, 7) is 0. The smallest absolute Gasteiger partial charge is 0.150 e. The van der Waals surface area contributed by atoms with Crippen molar-refractivity contribution in [3.8, 4) is 45.0 Å². The third-order valence-corrected chi connectivity index (χ3v) is 9.51. The Morgan fingerprint density at radius 1 is 0.481 bits per heavy atom. The number of aromatic amines is 2. The number of rotatable bonds is 6. The summed E-state index contributed by atoms with van der Waals surface area (Å²) in [5.41, 5.74) is 12.7. The van der Waals surface area contributed by atoms with Crippen LogP contribution in [0.25, 0.3) is 91.4 Å². The van der Waals surface area contributed by atoms with E-state index in [1.54, 1.807) is 12.4 Å². The quantitative estimate of drug-likeness (QED) is 0.170. The molecule has 0 amide bonds. The number of nitrogens with zero attached hydrogens (tertiary/aromatic N) is 6. The van der Waals surface area contributed by atoms with E-state index < -0.39 is 0 Å². The summed E-state index contributed by atoms with van der Waals surface area (Å²) in [7, 11) is 3.93. The lowest BCUT2D eigenvalue weighted by atomic mass is 10.0. The molecule has 5 aromatic heterocycles. The molecule has 0 fully saturated rings. The number of aromatic nitrogens is 8. The second-order valence-corrected chi connectivity index (χ2v) is 12.7. The normalized spacial score (nSPS) is 12.0.